The van der Waals surface area contributed by atoms with Crippen LogP contribution in [0.25, 0.3) is 16.6 Å². The first-order valence-electron chi connectivity index (χ1n) is 21.1. The smallest absolute Gasteiger partial charge is 0.179 e. The van der Waals surface area contributed by atoms with Gasteiger partial charge in [-0.05, 0) is 106 Å². The third-order valence-electron chi connectivity index (χ3n) is 13.2. The van der Waals surface area contributed by atoms with Crippen molar-refractivity contribution in [1.82, 2.24) is 9.97 Å². The molecule has 0 bridgehead atoms. The van der Waals surface area contributed by atoms with Crippen molar-refractivity contribution < 1.29 is 0 Å². The number of anilines is 8. The predicted molar refractivity (Wildman–Crippen MR) is 245 cm³/mol. The lowest BCUT2D eigenvalue weighted by Crippen LogP contribution is -2.60. The first-order chi connectivity index (χ1) is 28.5. The van der Waals surface area contributed by atoms with Gasteiger partial charge in [0.05, 0.1) is 28.1 Å². The van der Waals surface area contributed by atoms with Gasteiger partial charge in [0.15, 0.2) is 11.6 Å². The van der Waals surface area contributed by atoms with Gasteiger partial charge in [-0.3, -0.25) is 0 Å². The van der Waals surface area contributed by atoms with Crippen LogP contribution in [0.1, 0.15) is 76.1 Å². The summed E-state index contributed by atoms with van der Waals surface area (Å²) in [5.41, 5.74) is 15.2. The van der Waals surface area contributed by atoms with Crippen LogP contribution in [0.5, 0.6) is 0 Å². The molecule has 59 heavy (non-hydrogen) atoms. The number of para-hydroxylation sites is 6. The Hall–Kier alpha value is -6.40. The maximum absolute atomic E-state index is 5.49. The van der Waals surface area contributed by atoms with E-state index in [1.54, 1.807) is 0 Å². The number of allylic oxidation sites excluding steroid dienone is 1. The van der Waals surface area contributed by atoms with Gasteiger partial charge in [0.25, 0.3) is 0 Å². The van der Waals surface area contributed by atoms with Crippen molar-refractivity contribution in [3.8, 4) is 0 Å². The molecule has 11 rings (SSSR count). The Labute approximate surface area is 348 Å². The summed E-state index contributed by atoms with van der Waals surface area (Å²) >= 11 is 0. The minimum atomic E-state index is -0.175. The van der Waals surface area contributed by atoms with Crippen LogP contribution in [0.4, 0.5) is 45.8 Å². The van der Waals surface area contributed by atoms with Crippen LogP contribution in [-0.4, -0.2) is 22.3 Å². The third kappa shape index (κ3) is 5.38. The number of hydrogen-bond acceptors (Lipinski definition) is 6. The van der Waals surface area contributed by atoms with Gasteiger partial charge < -0.3 is 19.6 Å². The summed E-state index contributed by atoms with van der Waals surface area (Å²) < 4.78 is 0. The lowest BCUT2D eigenvalue weighted by atomic mass is 9.71. The summed E-state index contributed by atoms with van der Waals surface area (Å²) in [6, 6.07) is 53.7. The van der Waals surface area contributed by atoms with E-state index in [4.69, 9.17) is 16.5 Å². The molecule has 4 aliphatic rings. The molecular weight excluding hydrogens is 721 g/mol. The summed E-state index contributed by atoms with van der Waals surface area (Å²) in [6.07, 6.45) is 0.498. The standard InChI is InChI=1S/C53H50N6/c1-33-31-40-38-19-11-14-22-43(38)59-49-48(54-41-20-12-13-21-42(41)55-49)57(36-17-9-8-10-18-36)51(59)47(40)50-56(37-28-25-34(26-29-37)52(2,3)4)45-23-15-16-24-46(45)58(50)44-30-27-35(32-39(33)44)53(5,6)7/h8-30,32,40,47,50-51H,1,31H2,2-7H3. The van der Waals surface area contributed by atoms with Crippen molar-refractivity contribution in [3.63, 3.8) is 0 Å². The summed E-state index contributed by atoms with van der Waals surface area (Å²) in [4.78, 5) is 21.3. The topological polar surface area (TPSA) is 38.7 Å². The van der Waals surface area contributed by atoms with E-state index in [1.165, 1.54) is 50.7 Å². The number of rotatable bonds is 2. The number of aromatic nitrogens is 2. The summed E-state index contributed by atoms with van der Waals surface area (Å²) in [7, 11) is 0. The van der Waals surface area contributed by atoms with Crippen molar-refractivity contribution >= 4 is 62.4 Å². The van der Waals surface area contributed by atoms with Crippen LogP contribution in [0, 0.1) is 5.92 Å². The molecule has 0 fully saturated rings. The number of hydrogen-bond donors (Lipinski definition) is 0. The van der Waals surface area contributed by atoms with E-state index in [9.17, 15) is 0 Å². The Morgan fingerprint density at radius 3 is 1.68 bits per heavy atom. The quantitative estimate of drug-likeness (QED) is 0.174. The molecule has 7 aromatic rings. The van der Waals surface area contributed by atoms with Crippen LogP contribution >= 0.6 is 0 Å². The highest BCUT2D eigenvalue weighted by molar-refractivity contribution is 5.95. The van der Waals surface area contributed by atoms with E-state index in [2.05, 4.69) is 207 Å². The van der Waals surface area contributed by atoms with Crippen LogP contribution in [0.15, 0.2) is 152 Å². The van der Waals surface area contributed by atoms with E-state index in [0.29, 0.717) is 0 Å². The molecule has 292 valence electrons. The van der Waals surface area contributed by atoms with Gasteiger partial charge in [0.2, 0.25) is 0 Å². The summed E-state index contributed by atoms with van der Waals surface area (Å²) in [5, 5.41) is 0. The molecule has 4 atom stereocenters. The zero-order valence-electron chi connectivity index (χ0n) is 34.8. The van der Waals surface area contributed by atoms with Crippen molar-refractivity contribution in [2.75, 3.05) is 19.6 Å². The molecular formula is C53H50N6. The van der Waals surface area contributed by atoms with Crippen molar-refractivity contribution in [2.24, 2.45) is 5.92 Å². The van der Waals surface area contributed by atoms with Crippen molar-refractivity contribution in [2.45, 2.75) is 77.0 Å². The molecule has 1 aromatic heterocycles. The van der Waals surface area contributed by atoms with Crippen LogP contribution < -0.4 is 19.6 Å². The zero-order chi connectivity index (χ0) is 40.4. The van der Waals surface area contributed by atoms with Gasteiger partial charge in [-0.2, -0.15) is 0 Å². The highest BCUT2D eigenvalue weighted by Gasteiger charge is 2.59. The second-order valence-electron chi connectivity index (χ2n) is 18.8. The second-order valence-corrected chi connectivity index (χ2v) is 18.8. The lowest BCUT2D eigenvalue weighted by Gasteiger charge is -2.53. The molecule has 4 unspecified atom stereocenters. The average Bonchev–Trinajstić information content (AvgIpc) is 3.74. The molecule has 6 heteroatoms. The fourth-order valence-corrected chi connectivity index (χ4v) is 10.4. The normalized spacial score (nSPS) is 20.5. The van der Waals surface area contributed by atoms with Crippen LogP contribution in [0.3, 0.4) is 0 Å². The Kier molecular flexibility index (Phi) is 7.75. The van der Waals surface area contributed by atoms with E-state index < -0.39 is 0 Å². The van der Waals surface area contributed by atoms with E-state index in [-0.39, 0.29) is 35.0 Å². The summed E-state index contributed by atoms with van der Waals surface area (Å²) in [5.74, 6) is 1.86. The van der Waals surface area contributed by atoms with Crippen molar-refractivity contribution in [3.05, 3.63) is 174 Å². The van der Waals surface area contributed by atoms with Crippen molar-refractivity contribution in [1.29, 1.82) is 0 Å². The van der Waals surface area contributed by atoms with Crippen LogP contribution in [0.2, 0.25) is 0 Å². The molecule has 0 saturated heterocycles. The van der Waals surface area contributed by atoms with E-state index in [0.717, 1.165) is 40.4 Å². The van der Waals surface area contributed by atoms with Gasteiger partial charge >= 0.3 is 0 Å². The molecule has 5 heterocycles. The molecule has 4 aliphatic heterocycles. The minimum Gasteiger partial charge on any atom is -0.318 e. The lowest BCUT2D eigenvalue weighted by molar-refractivity contribution is 0.290. The first-order valence-corrected chi connectivity index (χ1v) is 21.1. The maximum Gasteiger partial charge on any atom is 0.179 e. The highest BCUT2D eigenvalue weighted by Crippen LogP contribution is 2.63. The molecule has 0 amide bonds. The Bertz CT molecular complexity index is 2800. The second kappa shape index (κ2) is 12.8. The maximum atomic E-state index is 5.49. The molecule has 0 radical (unpaired) electrons. The average molecular weight is 771 g/mol. The fourth-order valence-electron chi connectivity index (χ4n) is 10.4. The molecule has 0 spiro atoms. The largest absolute Gasteiger partial charge is 0.318 e. The van der Waals surface area contributed by atoms with Gasteiger partial charge in [-0.15, -0.1) is 0 Å². The molecule has 6 aromatic carbocycles. The molecule has 6 nitrogen and oxygen atoms in total. The Balaban J connectivity index is 1.23. The van der Waals surface area contributed by atoms with E-state index in [1.807, 2.05) is 0 Å². The van der Waals surface area contributed by atoms with Gasteiger partial charge in [-0.1, -0.05) is 127 Å². The number of benzene rings is 6. The van der Waals surface area contributed by atoms with Gasteiger partial charge in [0.1, 0.15) is 12.3 Å². The highest BCUT2D eigenvalue weighted by atomic mass is 15.5. The fraction of sp³-hybridized carbons (Fsp3) is 0.245. The van der Waals surface area contributed by atoms with Gasteiger partial charge in [-0.25, -0.2) is 9.97 Å². The minimum absolute atomic E-state index is 0.00824. The zero-order valence-corrected chi connectivity index (χ0v) is 34.8. The molecule has 0 saturated carbocycles. The first kappa shape index (κ1) is 35.7. The van der Waals surface area contributed by atoms with E-state index >= 15 is 0 Å². The molecule has 0 aliphatic carbocycles. The Morgan fingerprint density at radius 2 is 1.02 bits per heavy atom. The van der Waals surface area contributed by atoms with Gasteiger partial charge in [0, 0.05) is 34.5 Å². The number of fused-ring (bicyclic) bond motifs is 15. The Morgan fingerprint density at radius 1 is 0.492 bits per heavy atom. The predicted octanol–water partition coefficient (Wildman–Crippen LogP) is 13.3. The SMILES string of the molecule is C=C1CC2c3ccccc3N3c4nc5ccccc5nc4N(c4ccccc4)C3C2C2N(c3ccc(C(C)(C)C)cc3)c3ccccc3N2c2ccc(C(C)(C)C)cc21. The number of nitrogens with zero attached hydrogens (tertiary/aromatic N) is 6. The monoisotopic (exact) mass is 770 g/mol. The van der Waals surface area contributed by atoms with Crippen LogP contribution in [-0.2, 0) is 10.8 Å². The third-order valence-corrected chi connectivity index (χ3v) is 13.2. The summed E-state index contributed by atoms with van der Waals surface area (Å²) in [6.45, 7) is 18.8. The molecule has 0 N–H and O–H groups in total.